The molecule has 0 bridgehead atoms. The molecule has 1 N–H and O–H groups in total. The number of nitrogens with one attached hydrogen (secondary N) is 1. The Hall–Kier alpha value is -1.74. The molecule has 6 heteroatoms. The lowest BCUT2D eigenvalue weighted by molar-refractivity contribution is 0.269. The van der Waals surface area contributed by atoms with Gasteiger partial charge in [-0.2, -0.15) is 0 Å². The lowest BCUT2D eigenvalue weighted by Crippen LogP contribution is -2.05. The van der Waals surface area contributed by atoms with Crippen molar-refractivity contribution in [2.75, 3.05) is 18.2 Å². The van der Waals surface area contributed by atoms with Crippen molar-refractivity contribution in [1.82, 2.24) is 0 Å². The van der Waals surface area contributed by atoms with Crippen molar-refractivity contribution in [3.8, 4) is 18.1 Å². The molecule has 1 amide bonds. The summed E-state index contributed by atoms with van der Waals surface area (Å²) in [6.07, 6.45) is 7.13. The normalized spacial score (nSPS) is 9.96. The van der Waals surface area contributed by atoms with Crippen molar-refractivity contribution < 1.29 is 9.53 Å². The maximum atomic E-state index is 12.1. The number of carbonyl (C=O) groups excluding carboxylic acids is 1. The smallest absolute Gasteiger partial charge is 0.288 e. The average molecular weight is 364 g/mol. The second kappa shape index (κ2) is 8.78. The standard InChI is InChI=1S/C17H14ClNO2S2/c1-3-10-21-15-9-6-13(11-16(15)22-2)19-17(20)23-14-7-4-12(18)5-8-14/h1,4-9,11H,10H2,2H3,(H,19,20). The Labute approximate surface area is 149 Å². The highest BCUT2D eigenvalue weighted by Gasteiger charge is 2.08. The summed E-state index contributed by atoms with van der Waals surface area (Å²) in [7, 11) is 0. The van der Waals surface area contributed by atoms with Gasteiger partial charge >= 0.3 is 0 Å². The molecule has 2 rings (SSSR count). The maximum absolute atomic E-state index is 12.1. The van der Waals surface area contributed by atoms with Crippen LogP contribution in [0.2, 0.25) is 5.02 Å². The van der Waals surface area contributed by atoms with E-state index in [0.29, 0.717) is 16.5 Å². The van der Waals surface area contributed by atoms with Crippen LogP contribution in [0.5, 0.6) is 5.75 Å². The molecule has 0 aliphatic carbocycles. The number of hydrogen-bond acceptors (Lipinski definition) is 4. The van der Waals surface area contributed by atoms with Crippen LogP contribution in [-0.2, 0) is 0 Å². The lowest BCUT2D eigenvalue weighted by atomic mass is 10.3. The molecular weight excluding hydrogens is 350 g/mol. The van der Waals surface area contributed by atoms with Gasteiger partial charge in [0, 0.05) is 15.6 Å². The van der Waals surface area contributed by atoms with Gasteiger partial charge in [0.2, 0.25) is 0 Å². The van der Waals surface area contributed by atoms with Crippen molar-refractivity contribution in [2.45, 2.75) is 9.79 Å². The van der Waals surface area contributed by atoms with Gasteiger partial charge in [-0.25, -0.2) is 0 Å². The van der Waals surface area contributed by atoms with Gasteiger partial charge in [0.1, 0.15) is 12.4 Å². The van der Waals surface area contributed by atoms with Crippen LogP contribution >= 0.6 is 35.1 Å². The first-order valence-corrected chi connectivity index (χ1v) is 9.03. The van der Waals surface area contributed by atoms with Crippen LogP contribution in [0.15, 0.2) is 52.3 Å². The van der Waals surface area contributed by atoms with E-state index in [1.165, 1.54) is 11.8 Å². The zero-order chi connectivity index (χ0) is 16.7. The van der Waals surface area contributed by atoms with Crippen LogP contribution in [-0.4, -0.2) is 18.1 Å². The van der Waals surface area contributed by atoms with Gasteiger partial charge < -0.3 is 10.1 Å². The largest absolute Gasteiger partial charge is 0.480 e. The number of hydrogen-bond donors (Lipinski definition) is 1. The molecule has 0 aliphatic heterocycles. The molecule has 2 aromatic carbocycles. The van der Waals surface area contributed by atoms with Gasteiger partial charge in [-0.3, -0.25) is 4.79 Å². The van der Waals surface area contributed by atoms with Crippen molar-refractivity contribution in [2.24, 2.45) is 0 Å². The number of ether oxygens (including phenoxy) is 1. The first-order chi connectivity index (χ1) is 11.1. The summed E-state index contributed by atoms with van der Waals surface area (Å²) in [6.45, 7) is 0.214. The molecule has 0 heterocycles. The first-order valence-electron chi connectivity index (χ1n) is 6.61. The van der Waals surface area contributed by atoms with Crippen LogP contribution in [0.4, 0.5) is 10.5 Å². The minimum absolute atomic E-state index is 0.170. The number of terminal acetylenes is 1. The molecule has 0 aromatic heterocycles. The molecule has 0 saturated heterocycles. The Kier molecular flexibility index (Phi) is 6.72. The molecule has 23 heavy (non-hydrogen) atoms. The summed E-state index contributed by atoms with van der Waals surface area (Å²) in [5.41, 5.74) is 0.703. The molecule has 0 aliphatic rings. The van der Waals surface area contributed by atoms with E-state index in [1.807, 2.05) is 12.3 Å². The number of halogens is 1. The second-order valence-electron chi connectivity index (χ2n) is 4.33. The van der Waals surface area contributed by atoms with Crippen molar-refractivity contribution in [1.29, 1.82) is 0 Å². The third kappa shape index (κ3) is 5.43. The first kappa shape index (κ1) is 17.6. The number of thioether (sulfide) groups is 2. The third-order valence-electron chi connectivity index (χ3n) is 2.75. The minimum atomic E-state index is -0.170. The van der Waals surface area contributed by atoms with Crippen LogP contribution in [0.25, 0.3) is 0 Å². The number of rotatable bonds is 5. The number of benzene rings is 2. The zero-order valence-corrected chi connectivity index (χ0v) is 14.7. The van der Waals surface area contributed by atoms with Crippen LogP contribution in [0.1, 0.15) is 0 Å². The minimum Gasteiger partial charge on any atom is -0.480 e. The summed E-state index contributed by atoms with van der Waals surface area (Å²) in [5.74, 6) is 3.14. The summed E-state index contributed by atoms with van der Waals surface area (Å²) in [4.78, 5) is 13.8. The molecule has 118 valence electrons. The van der Waals surface area contributed by atoms with Gasteiger partial charge in [0.05, 0.1) is 4.90 Å². The highest BCUT2D eigenvalue weighted by atomic mass is 35.5. The van der Waals surface area contributed by atoms with Crippen LogP contribution < -0.4 is 10.1 Å². The Morgan fingerprint density at radius 2 is 2.04 bits per heavy atom. The number of amides is 1. The Balaban J connectivity index is 2.03. The topological polar surface area (TPSA) is 38.3 Å². The summed E-state index contributed by atoms with van der Waals surface area (Å²) in [6, 6.07) is 12.5. The van der Waals surface area contributed by atoms with E-state index in [9.17, 15) is 4.79 Å². The highest BCUT2D eigenvalue weighted by Crippen LogP contribution is 2.31. The van der Waals surface area contributed by atoms with Gasteiger partial charge in [-0.15, -0.1) is 18.2 Å². The fourth-order valence-electron chi connectivity index (χ4n) is 1.74. The van der Waals surface area contributed by atoms with E-state index in [2.05, 4.69) is 11.2 Å². The second-order valence-corrected chi connectivity index (χ2v) is 6.66. The molecule has 3 nitrogen and oxygen atoms in total. The highest BCUT2D eigenvalue weighted by molar-refractivity contribution is 8.13. The Bertz CT molecular complexity index is 726. The van der Waals surface area contributed by atoms with Gasteiger partial charge in [-0.05, 0) is 60.5 Å². The fourth-order valence-corrected chi connectivity index (χ4v) is 3.09. The van der Waals surface area contributed by atoms with E-state index >= 15 is 0 Å². The summed E-state index contributed by atoms with van der Waals surface area (Å²) < 4.78 is 5.46. The monoisotopic (exact) mass is 363 g/mol. The molecule has 0 atom stereocenters. The predicted molar refractivity (Wildman–Crippen MR) is 98.9 cm³/mol. The quantitative estimate of drug-likeness (QED) is 0.570. The Morgan fingerprint density at radius 3 is 2.70 bits per heavy atom. The van der Waals surface area contributed by atoms with E-state index < -0.39 is 0 Å². The van der Waals surface area contributed by atoms with E-state index in [-0.39, 0.29) is 11.8 Å². The predicted octanol–water partition coefficient (Wildman–Crippen LogP) is 5.40. The van der Waals surface area contributed by atoms with Crippen molar-refractivity contribution >= 4 is 46.1 Å². The third-order valence-corrected chi connectivity index (χ3v) is 4.55. The van der Waals surface area contributed by atoms with Crippen molar-refractivity contribution in [3.05, 3.63) is 47.5 Å². The Morgan fingerprint density at radius 1 is 1.30 bits per heavy atom. The molecule has 0 radical (unpaired) electrons. The molecule has 0 spiro atoms. The molecule has 0 unspecified atom stereocenters. The van der Waals surface area contributed by atoms with Gasteiger partial charge in [0.15, 0.2) is 0 Å². The average Bonchev–Trinajstić information content (AvgIpc) is 2.55. The summed E-state index contributed by atoms with van der Waals surface area (Å²) >= 11 is 8.46. The fraction of sp³-hybridized carbons (Fsp3) is 0.118. The number of carbonyl (C=O) groups is 1. The van der Waals surface area contributed by atoms with Crippen LogP contribution in [0, 0.1) is 12.3 Å². The van der Waals surface area contributed by atoms with Crippen LogP contribution in [0.3, 0.4) is 0 Å². The molecular formula is C17H14ClNO2S2. The van der Waals surface area contributed by atoms with Gasteiger partial charge in [0.25, 0.3) is 5.24 Å². The van der Waals surface area contributed by atoms with E-state index in [1.54, 1.807) is 36.4 Å². The lowest BCUT2D eigenvalue weighted by Gasteiger charge is -2.11. The van der Waals surface area contributed by atoms with Crippen molar-refractivity contribution in [3.63, 3.8) is 0 Å². The zero-order valence-electron chi connectivity index (χ0n) is 12.3. The molecule has 2 aromatic rings. The van der Waals surface area contributed by atoms with Gasteiger partial charge in [-0.1, -0.05) is 17.5 Å². The molecule has 0 fully saturated rings. The maximum Gasteiger partial charge on any atom is 0.288 e. The number of anilines is 1. The van der Waals surface area contributed by atoms with E-state index in [0.717, 1.165) is 21.6 Å². The van der Waals surface area contributed by atoms with E-state index in [4.69, 9.17) is 22.8 Å². The molecule has 0 saturated carbocycles. The summed E-state index contributed by atoms with van der Waals surface area (Å²) in [5, 5.41) is 3.32. The SMILES string of the molecule is C#CCOc1ccc(NC(=O)Sc2ccc(Cl)cc2)cc1SC.